The average Bonchev–Trinajstić information content (AvgIpc) is 3.27. The standard InChI is InChI=1S/C27H34N2O4/c1-4-5-19-6-9-26(27(14-19)32-3)33-18-21(30)17-29-12-10-20(11-13-29)24-16-28-25-8-7-22(31-2)15-23(24)25/h4,6-9,14-16,20-21,28,30H,1,5,10-13,17-18H2,2-3H3. The highest BCUT2D eigenvalue weighted by atomic mass is 16.5. The lowest BCUT2D eigenvalue weighted by Gasteiger charge is -2.33. The summed E-state index contributed by atoms with van der Waals surface area (Å²) in [5.41, 5.74) is 3.62. The summed E-state index contributed by atoms with van der Waals surface area (Å²) in [4.78, 5) is 5.72. The number of β-amino-alcohol motifs (C(OH)–C–C–N with tert-alkyl or cyclic N) is 1. The molecule has 1 atom stereocenters. The van der Waals surface area contributed by atoms with E-state index in [-0.39, 0.29) is 6.61 Å². The number of aliphatic hydroxyl groups excluding tert-OH is 1. The van der Waals surface area contributed by atoms with Crippen molar-refractivity contribution in [2.24, 2.45) is 0 Å². The van der Waals surface area contributed by atoms with Gasteiger partial charge in [-0.1, -0.05) is 12.1 Å². The number of allylic oxidation sites excluding steroid dienone is 1. The number of hydrogen-bond donors (Lipinski definition) is 2. The number of ether oxygens (including phenoxy) is 3. The van der Waals surface area contributed by atoms with Gasteiger partial charge in [-0.15, -0.1) is 6.58 Å². The van der Waals surface area contributed by atoms with Crippen LogP contribution in [0.15, 0.2) is 55.3 Å². The molecule has 4 rings (SSSR count). The minimum atomic E-state index is -0.559. The smallest absolute Gasteiger partial charge is 0.161 e. The number of H-pyrrole nitrogens is 1. The molecule has 0 spiro atoms. The maximum absolute atomic E-state index is 10.6. The van der Waals surface area contributed by atoms with Gasteiger partial charge in [0.25, 0.3) is 0 Å². The fourth-order valence-electron chi connectivity index (χ4n) is 4.67. The Morgan fingerprint density at radius 2 is 1.94 bits per heavy atom. The molecule has 33 heavy (non-hydrogen) atoms. The molecule has 0 radical (unpaired) electrons. The van der Waals surface area contributed by atoms with Crippen LogP contribution in [0.3, 0.4) is 0 Å². The zero-order chi connectivity index (χ0) is 23.2. The van der Waals surface area contributed by atoms with E-state index < -0.39 is 6.10 Å². The molecular weight excluding hydrogens is 416 g/mol. The van der Waals surface area contributed by atoms with Crippen molar-refractivity contribution in [3.05, 3.63) is 66.4 Å². The minimum Gasteiger partial charge on any atom is -0.497 e. The van der Waals surface area contributed by atoms with Crippen LogP contribution in [-0.2, 0) is 6.42 Å². The molecular formula is C27H34N2O4. The maximum Gasteiger partial charge on any atom is 0.161 e. The Morgan fingerprint density at radius 3 is 2.67 bits per heavy atom. The molecule has 0 aliphatic carbocycles. The molecule has 0 bridgehead atoms. The molecule has 0 saturated carbocycles. The van der Waals surface area contributed by atoms with E-state index in [2.05, 4.69) is 34.8 Å². The molecule has 2 aromatic carbocycles. The molecule has 6 heteroatoms. The van der Waals surface area contributed by atoms with E-state index >= 15 is 0 Å². The molecule has 2 heterocycles. The summed E-state index contributed by atoms with van der Waals surface area (Å²) in [7, 11) is 3.33. The SMILES string of the molecule is C=CCc1ccc(OCC(O)CN2CCC(c3c[nH]c4ccc(OC)cc34)CC2)c(OC)c1. The summed E-state index contributed by atoms with van der Waals surface area (Å²) in [5.74, 6) is 2.72. The van der Waals surface area contributed by atoms with Gasteiger partial charge >= 0.3 is 0 Å². The third-order valence-corrected chi connectivity index (χ3v) is 6.46. The molecule has 1 aliphatic heterocycles. The lowest BCUT2D eigenvalue weighted by molar-refractivity contribution is 0.0586. The van der Waals surface area contributed by atoms with Gasteiger partial charge < -0.3 is 29.2 Å². The topological polar surface area (TPSA) is 67.0 Å². The Labute approximate surface area is 195 Å². The number of nitrogens with one attached hydrogen (secondary N) is 1. The van der Waals surface area contributed by atoms with Crippen molar-refractivity contribution in [1.29, 1.82) is 0 Å². The first-order valence-corrected chi connectivity index (χ1v) is 11.6. The highest BCUT2D eigenvalue weighted by Gasteiger charge is 2.24. The molecule has 1 aliphatic rings. The van der Waals surface area contributed by atoms with E-state index in [4.69, 9.17) is 14.2 Å². The van der Waals surface area contributed by atoms with Gasteiger partial charge in [-0.25, -0.2) is 0 Å². The molecule has 3 aromatic rings. The number of fused-ring (bicyclic) bond motifs is 1. The average molecular weight is 451 g/mol. The van der Waals surface area contributed by atoms with Crippen molar-refractivity contribution in [3.63, 3.8) is 0 Å². The van der Waals surface area contributed by atoms with Crippen LogP contribution in [0.1, 0.15) is 29.9 Å². The van der Waals surface area contributed by atoms with Gasteiger partial charge in [0, 0.05) is 23.6 Å². The monoisotopic (exact) mass is 450 g/mol. The van der Waals surface area contributed by atoms with Gasteiger partial charge in [0.15, 0.2) is 11.5 Å². The minimum absolute atomic E-state index is 0.235. The Hall–Kier alpha value is -2.96. The summed E-state index contributed by atoms with van der Waals surface area (Å²) < 4.78 is 16.7. The van der Waals surface area contributed by atoms with E-state index in [1.807, 2.05) is 30.3 Å². The van der Waals surface area contributed by atoms with Gasteiger partial charge in [-0.05, 0) is 79.7 Å². The Bertz CT molecular complexity index is 1070. The maximum atomic E-state index is 10.6. The molecule has 1 saturated heterocycles. The molecule has 2 N–H and O–H groups in total. The van der Waals surface area contributed by atoms with E-state index in [9.17, 15) is 5.11 Å². The fraction of sp³-hybridized carbons (Fsp3) is 0.407. The Balaban J connectivity index is 1.28. The lowest BCUT2D eigenvalue weighted by Crippen LogP contribution is -2.40. The predicted molar refractivity (Wildman–Crippen MR) is 132 cm³/mol. The lowest BCUT2D eigenvalue weighted by atomic mass is 9.89. The molecule has 1 fully saturated rings. The molecule has 1 unspecified atom stereocenters. The van der Waals surface area contributed by atoms with Crippen molar-refractivity contribution < 1.29 is 19.3 Å². The first kappa shape index (κ1) is 23.2. The van der Waals surface area contributed by atoms with Gasteiger partial charge in [0.1, 0.15) is 18.5 Å². The summed E-state index contributed by atoms with van der Waals surface area (Å²) in [6.07, 6.45) is 6.35. The second-order valence-corrected chi connectivity index (χ2v) is 8.67. The van der Waals surface area contributed by atoms with Crippen LogP contribution in [-0.4, -0.2) is 61.6 Å². The molecule has 6 nitrogen and oxygen atoms in total. The van der Waals surface area contributed by atoms with Crippen LogP contribution in [0.5, 0.6) is 17.2 Å². The van der Waals surface area contributed by atoms with Crippen molar-refractivity contribution in [1.82, 2.24) is 9.88 Å². The van der Waals surface area contributed by atoms with E-state index in [1.54, 1.807) is 14.2 Å². The zero-order valence-corrected chi connectivity index (χ0v) is 19.5. The normalized spacial score (nSPS) is 16.0. The quantitative estimate of drug-likeness (QED) is 0.444. The summed E-state index contributed by atoms with van der Waals surface area (Å²) in [6.45, 7) is 6.52. The van der Waals surface area contributed by atoms with Crippen LogP contribution >= 0.6 is 0 Å². The van der Waals surface area contributed by atoms with E-state index in [1.165, 1.54) is 10.9 Å². The number of aromatic nitrogens is 1. The third kappa shape index (κ3) is 5.52. The van der Waals surface area contributed by atoms with Gasteiger partial charge in [0.2, 0.25) is 0 Å². The third-order valence-electron chi connectivity index (χ3n) is 6.46. The zero-order valence-electron chi connectivity index (χ0n) is 19.5. The number of aliphatic hydroxyl groups is 1. The first-order chi connectivity index (χ1) is 16.1. The number of aromatic amines is 1. The second kappa shape index (κ2) is 10.8. The second-order valence-electron chi connectivity index (χ2n) is 8.67. The van der Waals surface area contributed by atoms with Crippen LogP contribution < -0.4 is 14.2 Å². The number of rotatable bonds is 10. The largest absolute Gasteiger partial charge is 0.497 e. The Kier molecular flexibility index (Phi) is 7.57. The fourth-order valence-corrected chi connectivity index (χ4v) is 4.67. The summed E-state index contributed by atoms with van der Waals surface area (Å²) in [6, 6.07) is 12.0. The van der Waals surface area contributed by atoms with Crippen LogP contribution in [0.2, 0.25) is 0 Å². The molecule has 1 aromatic heterocycles. The number of likely N-dealkylation sites (tertiary alicyclic amines) is 1. The number of nitrogens with zero attached hydrogens (tertiary/aromatic N) is 1. The number of benzene rings is 2. The van der Waals surface area contributed by atoms with Crippen LogP contribution in [0.4, 0.5) is 0 Å². The Morgan fingerprint density at radius 1 is 1.12 bits per heavy atom. The first-order valence-electron chi connectivity index (χ1n) is 11.6. The van der Waals surface area contributed by atoms with Gasteiger partial charge in [0.05, 0.1) is 14.2 Å². The highest BCUT2D eigenvalue weighted by molar-refractivity contribution is 5.85. The van der Waals surface area contributed by atoms with Crippen molar-refractivity contribution in [3.8, 4) is 17.2 Å². The number of hydrogen-bond acceptors (Lipinski definition) is 5. The van der Waals surface area contributed by atoms with Crippen molar-refractivity contribution in [2.45, 2.75) is 31.3 Å². The van der Waals surface area contributed by atoms with Gasteiger partial charge in [-0.2, -0.15) is 0 Å². The van der Waals surface area contributed by atoms with Crippen LogP contribution in [0.25, 0.3) is 10.9 Å². The number of piperidine rings is 1. The van der Waals surface area contributed by atoms with Crippen LogP contribution in [0, 0.1) is 0 Å². The molecule has 0 amide bonds. The van der Waals surface area contributed by atoms with Crippen molar-refractivity contribution in [2.75, 3.05) is 40.5 Å². The summed E-state index contributed by atoms with van der Waals surface area (Å²) in [5, 5.41) is 11.8. The van der Waals surface area contributed by atoms with Crippen molar-refractivity contribution >= 4 is 10.9 Å². The number of methoxy groups -OCH3 is 2. The highest BCUT2D eigenvalue weighted by Crippen LogP contribution is 2.35. The summed E-state index contributed by atoms with van der Waals surface area (Å²) >= 11 is 0. The van der Waals surface area contributed by atoms with E-state index in [0.717, 1.165) is 49.2 Å². The van der Waals surface area contributed by atoms with Gasteiger partial charge in [-0.3, -0.25) is 0 Å². The predicted octanol–water partition coefficient (Wildman–Crippen LogP) is 4.53. The van der Waals surface area contributed by atoms with E-state index in [0.29, 0.717) is 24.0 Å². The molecule has 176 valence electrons.